The zero-order chi connectivity index (χ0) is 11.4. The fourth-order valence-corrected chi connectivity index (χ4v) is 2.26. The molecule has 2 heteroatoms. The molecule has 0 fully saturated rings. The van der Waals surface area contributed by atoms with Gasteiger partial charge in [0.2, 0.25) is 0 Å². The minimum atomic E-state index is 0.715. The fourth-order valence-electron chi connectivity index (χ4n) is 2.26. The predicted molar refractivity (Wildman–Crippen MR) is 67.8 cm³/mol. The van der Waals surface area contributed by atoms with Gasteiger partial charge < -0.3 is 4.90 Å². The number of nitrogens with one attached hydrogen (secondary N) is 1. The van der Waals surface area contributed by atoms with Crippen LogP contribution in [0.15, 0.2) is 24.3 Å². The van der Waals surface area contributed by atoms with Crippen LogP contribution in [-0.4, -0.2) is 17.3 Å². The maximum Gasteiger partial charge on any atom is 0.128 e. The van der Waals surface area contributed by atoms with Crippen LogP contribution in [0.1, 0.15) is 43.7 Å². The average molecular weight is 216 g/mol. The summed E-state index contributed by atoms with van der Waals surface area (Å²) in [4.78, 5) is 2.19. The molecule has 16 heavy (non-hydrogen) atoms. The van der Waals surface area contributed by atoms with Crippen molar-refractivity contribution in [3.05, 3.63) is 35.4 Å². The van der Waals surface area contributed by atoms with Crippen molar-refractivity contribution in [1.29, 1.82) is 5.41 Å². The Kier molecular flexibility index (Phi) is 3.60. The summed E-state index contributed by atoms with van der Waals surface area (Å²) in [7, 11) is 0. The molecule has 1 aliphatic heterocycles. The second kappa shape index (κ2) is 5.15. The topological polar surface area (TPSA) is 27.1 Å². The highest BCUT2D eigenvalue weighted by Gasteiger charge is 2.22. The summed E-state index contributed by atoms with van der Waals surface area (Å²) >= 11 is 0. The number of unbranched alkanes of at least 4 members (excludes halogenated alkanes) is 3. The molecule has 0 aliphatic carbocycles. The van der Waals surface area contributed by atoms with Crippen molar-refractivity contribution in [2.24, 2.45) is 0 Å². The Morgan fingerprint density at radius 3 is 2.75 bits per heavy atom. The zero-order valence-electron chi connectivity index (χ0n) is 10.00. The van der Waals surface area contributed by atoms with Crippen LogP contribution < -0.4 is 0 Å². The first kappa shape index (κ1) is 11.2. The summed E-state index contributed by atoms with van der Waals surface area (Å²) in [6, 6.07) is 8.28. The largest absolute Gasteiger partial charge is 0.352 e. The van der Waals surface area contributed by atoms with E-state index in [0.29, 0.717) is 5.84 Å². The molecule has 1 aliphatic rings. The Balaban J connectivity index is 1.89. The van der Waals surface area contributed by atoms with E-state index in [0.717, 1.165) is 18.7 Å². The Morgan fingerprint density at radius 1 is 1.19 bits per heavy atom. The third-order valence-electron chi connectivity index (χ3n) is 3.23. The summed E-state index contributed by atoms with van der Waals surface area (Å²) in [6.07, 6.45) is 5.09. The van der Waals surface area contributed by atoms with Crippen LogP contribution in [0.25, 0.3) is 0 Å². The molecule has 1 N–H and O–H groups in total. The van der Waals surface area contributed by atoms with Gasteiger partial charge in [-0.15, -0.1) is 0 Å². The Morgan fingerprint density at radius 2 is 2.00 bits per heavy atom. The van der Waals surface area contributed by atoms with E-state index < -0.39 is 0 Å². The zero-order valence-corrected chi connectivity index (χ0v) is 10.00. The van der Waals surface area contributed by atoms with Crippen LogP contribution in [0.5, 0.6) is 0 Å². The first-order valence-corrected chi connectivity index (χ1v) is 6.24. The molecule has 0 spiro atoms. The van der Waals surface area contributed by atoms with E-state index in [1.165, 1.54) is 31.2 Å². The van der Waals surface area contributed by atoms with Crippen LogP contribution in [0, 0.1) is 5.41 Å². The highest BCUT2D eigenvalue weighted by Crippen LogP contribution is 2.22. The molecule has 0 saturated carbocycles. The van der Waals surface area contributed by atoms with Gasteiger partial charge in [-0.05, 0) is 12.0 Å². The molecule has 0 amide bonds. The lowest BCUT2D eigenvalue weighted by atomic mass is 10.1. The van der Waals surface area contributed by atoms with E-state index in [-0.39, 0.29) is 0 Å². The molecule has 1 aromatic carbocycles. The maximum atomic E-state index is 8.09. The number of hydrogen-bond donors (Lipinski definition) is 1. The Labute approximate surface area is 97.8 Å². The Hall–Kier alpha value is -1.31. The third-order valence-corrected chi connectivity index (χ3v) is 3.23. The lowest BCUT2D eigenvalue weighted by Gasteiger charge is -2.17. The van der Waals surface area contributed by atoms with Crippen LogP contribution in [0.2, 0.25) is 0 Å². The molecule has 0 bridgehead atoms. The van der Waals surface area contributed by atoms with Crippen molar-refractivity contribution in [2.45, 2.75) is 39.2 Å². The van der Waals surface area contributed by atoms with Gasteiger partial charge in [-0.3, -0.25) is 5.41 Å². The van der Waals surface area contributed by atoms with E-state index >= 15 is 0 Å². The molecule has 0 unspecified atom stereocenters. The minimum Gasteiger partial charge on any atom is -0.352 e. The van der Waals surface area contributed by atoms with E-state index in [9.17, 15) is 0 Å². The van der Waals surface area contributed by atoms with E-state index in [4.69, 9.17) is 5.41 Å². The second-order valence-electron chi connectivity index (χ2n) is 4.49. The van der Waals surface area contributed by atoms with E-state index in [1.54, 1.807) is 0 Å². The lowest BCUT2D eigenvalue weighted by molar-refractivity contribution is 0.408. The van der Waals surface area contributed by atoms with Gasteiger partial charge in [0.1, 0.15) is 5.84 Å². The Bertz CT molecular complexity index is 371. The summed E-state index contributed by atoms with van der Waals surface area (Å²) in [5.41, 5.74) is 2.43. The van der Waals surface area contributed by atoms with Gasteiger partial charge in [-0.1, -0.05) is 50.5 Å². The quantitative estimate of drug-likeness (QED) is 0.750. The number of benzene rings is 1. The first-order valence-electron chi connectivity index (χ1n) is 6.24. The number of rotatable bonds is 5. The van der Waals surface area contributed by atoms with Crippen LogP contribution in [0.4, 0.5) is 0 Å². The average Bonchev–Trinajstić information content (AvgIpc) is 2.63. The number of fused-ring (bicyclic) bond motifs is 1. The van der Waals surface area contributed by atoms with Crippen LogP contribution >= 0.6 is 0 Å². The van der Waals surface area contributed by atoms with Gasteiger partial charge in [0, 0.05) is 18.7 Å². The highest BCUT2D eigenvalue weighted by atomic mass is 15.2. The van der Waals surface area contributed by atoms with Crippen LogP contribution in [-0.2, 0) is 6.54 Å². The first-order chi connectivity index (χ1) is 7.83. The maximum absolute atomic E-state index is 8.09. The normalized spacial score (nSPS) is 14.3. The smallest absolute Gasteiger partial charge is 0.128 e. The van der Waals surface area contributed by atoms with Gasteiger partial charge in [-0.2, -0.15) is 0 Å². The number of hydrogen-bond acceptors (Lipinski definition) is 1. The SMILES string of the molecule is CCCCCCN1Cc2ccccc2C1=N. The van der Waals surface area contributed by atoms with Crippen molar-refractivity contribution in [2.75, 3.05) is 6.54 Å². The van der Waals surface area contributed by atoms with Gasteiger partial charge in [0.05, 0.1) is 0 Å². The second-order valence-corrected chi connectivity index (χ2v) is 4.49. The summed E-state index contributed by atoms with van der Waals surface area (Å²) in [5.74, 6) is 0.715. The standard InChI is InChI=1S/C14H20N2/c1-2-3-4-7-10-16-11-12-8-5-6-9-13(12)14(16)15/h5-6,8-9,15H,2-4,7,10-11H2,1H3. The van der Waals surface area contributed by atoms with Crippen LogP contribution in [0.3, 0.4) is 0 Å². The molecule has 2 rings (SSSR count). The molecule has 0 aromatic heterocycles. The monoisotopic (exact) mass is 216 g/mol. The van der Waals surface area contributed by atoms with Gasteiger partial charge >= 0.3 is 0 Å². The molecule has 86 valence electrons. The van der Waals surface area contributed by atoms with E-state index in [1.807, 2.05) is 6.07 Å². The van der Waals surface area contributed by atoms with Crippen molar-refractivity contribution < 1.29 is 0 Å². The minimum absolute atomic E-state index is 0.715. The summed E-state index contributed by atoms with van der Waals surface area (Å²) < 4.78 is 0. The van der Waals surface area contributed by atoms with Crippen molar-refractivity contribution in [1.82, 2.24) is 4.90 Å². The number of nitrogens with zero attached hydrogens (tertiary/aromatic N) is 1. The molecular weight excluding hydrogens is 196 g/mol. The van der Waals surface area contributed by atoms with E-state index in [2.05, 4.69) is 30.0 Å². The molecule has 1 aromatic rings. The molecular formula is C14H20N2. The fraction of sp³-hybridized carbons (Fsp3) is 0.500. The molecule has 2 nitrogen and oxygen atoms in total. The number of amidine groups is 1. The molecule has 1 heterocycles. The van der Waals surface area contributed by atoms with Crippen molar-refractivity contribution in [3.8, 4) is 0 Å². The summed E-state index contributed by atoms with van der Waals surface area (Å²) in [6.45, 7) is 4.20. The molecule has 0 saturated heterocycles. The van der Waals surface area contributed by atoms with Gasteiger partial charge in [-0.25, -0.2) is 0 Å². The summed E-state index contributed by atoms with van der Waals surface area (Å²) in [5, 5.41) is 8.09. The third kappa shape index (κ3) is 2.26. The highest BCUT2D eigenvalue weighted by molar-refractivity contribution is 6.00. The lowest BCUT2D eigenvalue weighted by Crippen LogP contribution is -2.24. The van der Waals surface area contributed by atoms with Gasteiger partial charge in [0.15, 0.2) is 0 Å². The van der Waals surface area contributed by atoms with Crippen molar-refractivity contribution in [3.63, 3.8) is 0 Å². The van der Waals surface area contributed by atoms with Gasteiger partial charge in [0.25, 0.3) is 0 Å². The molecule has 0 radical (unpaired) electrons. The van der Waals surface area contributed by atoms with Crippen molar-refractivity contribution >= 4 is 5.84 Å². The molecule has 0 atom stereocenters. The predicted octanol–water partition coefficient (Wildman–Crippen LogP) is 3.41.